The summed E-state index contributed by atoms with van der Waals surface area (Å²) in [6.07, 6.45) is 5.24. The van der Waals surface area contributed by atoms with Crippen molar-refractivity contribution in [3.8, 4) is 0 Å². The zero-order chi connectivity index (χ0) is 22.3. The zero-order valence-electron chi connectivity index (χ0n) is 20.1. The standard InChI is InChI=1S/C31H30BN/c1-29(2)21-13-6-5-11-19(21)27-25(29)20-12-9-16-24-26(20)32(27)23-15-10-14-22-28(23)33(24)31(4)18-8-7-17-30(22,31)3/h5-6,9-16H,7-8,17-18H2,1-4H3. The number of benzene rings is 3. The van der Waals surface area contributed by atoms with Crippen LogP contribution in [0.1, 0.15) is 75.6 Å². The number of allylic oxidation sites excluding steroid dienone is 1. The van der Waals surface area contributed by atoms with Crippen molar-refractivity contribution in [1.29, 1.82) is 0 Å². The Kier molecular flexibility index (Phi) is 3.10. The summed E-state index contributed by atoms with van der Waals surface area (Å²) in [6, 6.07) is 23.6. The van der Waals surface area contributed by atoms with Gasteiger partial charge in [0.05, 0.1) is 5.54 Å². The lowest BCUT2D eigenvalue weighted by molar-refractivity contribution is 0.195. The van der Waals surface area contributed by atoms with Crippen LogP contribution in [0.25, 0.3) is 11.0 Å². The van der Waals surface area contributed by atoms with Crippen LogP contribution < -0.4 is 15.8 Å². The predicted octanol–water partition coefficient (Wildman–Crippen LogP) is 6.11. The summed E-state index contributed by atoms with van der Waals surface area (Å²) in [5.74, 6) is 0. The molecule has 162 valence electrons. The number of hydrogen-bond donors (Lipinski definition) is 0. The Morgan fingerprint density at radius 3 is 2.36 bits per heavy atom. The van der Waals surface area contributed by atoms with Crippen LogP contribution in [0.3, 0.4) is 0 Å². The highest BCUT2D eigenvalue weighted by atomic mass is 15.3. The highest BCUT2D eigenvalue weighted by Crippen LogP contribution is 2.63. The lowest BCUT2D eigenvalue weighted by Crippen LogP contribution is -2.59. The minimum absolute atomic E-state index is 0.0361. The lowest BCUT2D eigenvalue weighted by atomic mass is 9.35. The van der Waals surface area contributed by atoms with Gasteiger partial charge in [-0.2, -0.15) is 0 Å². The van der Waals surface area contributed by atoms with Gasteiger partial charge in [0.2, 0.25) is 6.71 Å². The van der Waals surface area contributed by atoms with Crippen LogP contribution in [0.2, 0.25) is 0 Å². The van der Waals surface area contributed by atoms with Crippen molar-refractivity contribution in [3.05, 3.63) is 82.9 Å². The summed E-state index contributed by atoms with van der Waals surface area (Å²) in [5.41, 5.74) is 15.7. The molecule has 2 atom stereocenters. The fourth-order valence-electron chi connectivity index (χ4n) is 8.77. The van der Waals surface area contributed by atoms with Crippen LogP contribution >= 0.6 is 0 Å². The Bertz CT molecular complexity index is 1450. The van der Waals surface area contributed by atoms with E-state index in [9.17, 15) is 0 Å². The number of anilines is 2. The van der Waals surface area contributed by atoms with Crippen molar-refractivity contribution in [2.75, 3.05) is 4.90 Å². The summed E-state index contributed by atoms with van der Waals surface area (Å²) in [7, 11) is 0. The van der Waals surface area contributed by atoms with Gasteiger partial charge in [-0.3, -0.25) is 0 Å². The summed E-state index contributed by atoms with van der Waals surface area (Å²) in [4.78, 5) is 2.81. The van der Waals surface area contributed by atoms with E-state index in [1.807, 2.05) is 0 Å². The molecule has 0 saturated heterocycles. The molecule has 1 fully saturated rings. The maximum Gasteiger partial charge on any atom is 0.248 e. The summed E-state index contributed by atoms with van der Waals surface area (Å²) < 4.78 is 0. The van der Waals surface area contributed by atoms with Crippen molar-refractivity contribution < 1.29 is 0 Å². The summed E-state index contributed by atoms with van der Waals surface area (Å²) >= 11 is 0. The Morgan fingerprint density at radius 1 is 0.758 bits per heavy atom. The Balaban J connectivity index is 1.51. The highest BCUT2D eigenvalue weighted by Gasteiger charge is 2.62. The van der Waals surface area contributed by atoms with Crippen LogP contribution in [0.15, 0.2) is 60.7 Å². The summed E-state index contributed by atoms with van der Waals surface area (Å²) in [5, 5.41) is 0. The molecule has 2 aliphatic carbocycles. The molecule has 5 aliphatic rings. The van der Waals surface area contributed by atoms with Gasteiger partial charge in [-0.1, -0.05) is 93.7 Å². The van der Waals surface area contributed by atoms with E-state index < -0.39 is 0 Å². The van der Waals surface area contributed by atoms with Crippen molar-refractivity contribution in [3.63, 3.8) is 0 Å². The number of hydrogen-bond acceptors (Lipinski definition) is 1. The van der Waals surface area contributed by atoms with E-state index in [2.05, 4.69) is 93.3 Å². The van der Waals surface area contributed by atoms with Gasteiger partial charge in [0, 0.05) is 22.2 Å². The van der Waals surface area contributed by atoms with Gasteiger partial charge in [-0.25, -0.2) is 0 Å². The molecule has 3 heterocycles. The molecule has 1 nitrogen and oxygen atoms in total. The van der Waals surface area contributed by atoms with Gasteiger partial charge in [0.25, 0.3) is 0 Å². The normalized spacial score (nSPS) is 29.0. The molecule has 2 heteroatoms. The maximum atomic E-state index is 2.81. The highest BCUT2D eigenvalue weighted by molar-refractivity contribution is 7.05. The van der Waals surface area contributed by atoms with E-state index in [1.165, 1.54) is 53.7 Å². The predicted molar refractivity (Wildman–Crippen MR) is 141 cm³/mol. The smallest absolute Gasteiger partial charge is 0.248 e. The molecule has 3 aromatic carbocycles. The molecule has 0 radical (unpaired) electrons. The summed E-state index contributed by atoms with van der Waals surface area (Å²) in [6.45, 7) is 10.3. The fraction of sp³-hybridized carbons (Fsp3) is 0.355. The van der Waals surface area contributed by atoms with Gasteiger partial charge in [0.15, 0.2) is 0 Å². The number of para-hydroxylation sites is 1. The third-order valence-corrected chi connectivity index (χ3v) is 10.4. The third-order valence-electron chi connectivity index (χ3n) is 10.4. The van der Waals surface area contributed by atoms with Crippen molar-refractivity contribution >= 4 is 40.1 Å². The van der Waals surface area contributed by atoms with Gasteiger partial charge < -0.3 is 4.90 Å². The number of rotatable bonds is 0. The van der Waals surface area contributed by atoms with E-state index in [-0.39, 0.29) is 16.4 Å². The van der Waals surface area contributed by atoms with Gasteiger partial charge in [-0.15, -0.1) is 0 Å². The lowest BCUT2D eigenvalue weighted by Gasteiger charge is -2.51. The number of nitrogens with zero attached hydrogens (tertiary/aromatic N) is 1. The second-order valence-corrected chi connectivity index (χ2v) is 12.0. The first-order valence-corrected chi connectivity index (χ1v) is 12.8. The average molecular weight is 427 g/mol. The van der Waals surface area contributed by atoms with Crippen LogP contribution in [-0.4, -0.2) is 12.3 Å². The van der Waals surface area contributed by atoms with Crippen LogP contribution in [0, 0.1) is 0 Å². The molecule has 0 amide bonds. The minimum atomic E-state index is 0.0361. The topological polar surface area (TPSA) is 3.24 Å². The van der Waals surface area contributed by atoms with E-state index in [0.717, 1.165) is 0 Å². The number of fused-ring (bicyclic) bond motifs is 9. The molecule has 8 rings (SSSR count). The molecular formula is C31H30BN. The molecule has 33 heavy (non-hydrogen) atoms. The molecule has 3 aliphatic heterocycles. The molecular weight excluding hydrogens is 397 g/mol. The van der Waals surface area contributed by atoms with Gasteiger partial charge >= 0.3 is 0 Å². The molecule has 0 N–H and O–H groups in total. The Morgan fingerprint density at radius 2 is 1.48 bits per heavy atom. The van der Waals surface area contributed by atoms with E-state index in [1.54, 1.807) is 27.5 Å². The first-order valence-electron chi connectivity index (χ1n) is 12.8. The van der Waals surface area contributed by atoms with Crippen molar-refractivity contribution in [2.45, 2.75) is 69.7 Å². The van der Waals surface area contributed by atoms with Crippen LogP contribution in [0.5, 0.6) is 0 Å². The second kappa shape index (κ2) is 5.49. The molecule has 0 spiro atoms. The zero-order valence-corrected chi connectivity index (χ0v) is 20.1. The van der Waals surface area contributed by atoms with Crippen LogP contribution in [-0.2, 0) is 10.8 Å². The van der Waals surface area contributed by atoms with E-state index in [0.29, 0.717) is 6.71 Å². The van der Waals surface area contributed by atoms with E-state index in [4.69, 9.17) is 0 Å². The molecule has 3 aromatic rings. The third kappa shape index (κ3) is 1.79. The van der Waals surface area contributed by atoms with Gasteiger partial charge in [0.1, 0.15) is 0 Å². The molecule has 2 unspecified atom stereocenters. The first-order chi connectivity index (χ1) is 15.9. The molecule has 0 aromatic heterocycles. The first kappa shape index (κ1) is 18.7. The SMILES string of the molecule is CC1(C)C2=C(B3c4cccc5c4N(c4cccc2c43)C2(C)CCCCC52C)c2ccccc21. The maximum absolute atomic E-state index is 2.81. The molecule has 0 bridgehead atoms. The largest absolute Gasteiger partial charge is 0.335 e. The van der Waals surface area contributed by atoms with E-state index >= 15 is 0 Å². The van der Waals surface area contributed by atoms with Crippen molar-refractivity contribution in [1.82, 2.24) is 0 Å². The quantitative estimate of drug-likeness (QED) is 0.392. The Labute approximate surface area is 197 Å². The van der Waals surface area contributed by atoms with Gasteiger partial charge in [-0.05, 0) is 64.6 Å². The minimum Gasteiger partial charge on any atom is -0.335 e. The fourth-order valence-corrected chi connectivity index (χ4v) is 8.77. The average Bonchev–Trinajstić information content (AvgIpc) is 3.36. The van der Waals surface area contributed by atoms with Crippen LogP contribution in [0.4, 0.5) is 11.4 Å². The molecule has 1 saturated carbocycles. The van der Waals surface area contributed by atoms with Crippen molar-refractivity contribution in [2.24, 2.45) is 0 Å². The Hall–Kier alpha value is -2.74. The monoisotopic (exact) mass is 427 g/mol. The second-order valence-electron chi connectivity index (χ2n) is 12.0.